The van der Waals surface area contributed by atoms with Crippen LogP contribution in [-0.4, -0.2) is 68.3 Å². The van der Waals surface area contributed by atoms with Crippen LogP contribution in [0.2, 0.25) is 0 Å². The summed E-state index contributed by atoms with van der Waals surface area (Å²) >= 11 is 0. The summed E-state index contributed by atoms with van der Waals surface area (Å²) in [5.41, 5.74) is 0.833. The number of carbonyl (C=O) groups is 2. The van der Waals surface area contributed by atoms with Crippen molar-refractivity contribution in [3.63, 3.8) is 0 Å². The maximum atomic E-state index is 13.2. The van der Waals surface area contributed by atoms with E-state index >= 15 is 0 Å². The molecule has 2 amide bonds. The number of nitrogens with zero attached hydrogens (tertiary/aromatic N) is 4. The van der Waals surface area contributed by atoms with Crippen molar-refractivity contribution >= 4 is 23.3 Å². The third-order valence-electron chi connectivity index (χ3n) is 4.99. The van der Waals surface area contributed by atoms with Gasteiger partial charge in [0.1, 0.15) is 0 Å². The fourth-order valence-electron chi connectivity index (χ4n) is 3.30. The molecule has 9 nitrogen and oxygen atoms in total. The van der Waals surface area contributed by atoms with E-state index < -0.39 is 5.91 Å². The number of likely N-dealkylation sites (tertiary alicyclic amines) is 1. The molecule has 9 heteroatoms. The second-order valence-corrected chi connectivity index (χ2v) is 7.23. The number of piperidine rings is 1. The van der Waals surface area contributed by atoms with Crippen LogP contribution >= 0.6 is 0 Å². The number of ether oxygens (including phenoxy) is 2. The Kier molecular flexibility index (Phi) is 6.71. The van der Waals surface area contributed by atoms with Crippen molar-refractivity contribution in [3.05, 3.63) is 35.5 Å². The van der Waals surface area contributed by atoms with Crippen molar-refractivity contribution in [1.29, 1.82) is 0 Å². The van der Waals surface area contributed by atoms with E-state index in [1.807, 2.05) is 14.1 Å². The van der Waals surface area contributed by atoms with Gasteiger partial charge in [0.2, 0.25) is 0 Å². The van der Waals surface area contributed by atoms with E-state index in [0.717, 1.165) is 19.3 Å². The van der Waals surface area contributed by atoms with Gasteiger partial charge in [0.05, 0.1) is 25.5 Å². The molecule has 1 saturated heterocycles. The van der Waals surface area contributed by atoms with Crippen LogP contribution in [0.4, 0.5) is 11.5 Å². The predicted octanol–water partition coefficient (Wildman–Crippen LogP) is 2.44. The molecule has 0 bridgehead atoms. The Bertz CT molecular complexity index is 908. The van der Waals surface area contributed by atoms with Gasteiger partial charge in [-0.25, -0.2) is 0 Å². The maximum absolute atomic E-state index is 13.2. The Balaban J connectivity index is 1.92. The number of amides is 2. The highest BCUT2D eigenvalue weighted by atomic mass is 16.5. The van der Waals surface area contributed by atoms with Gasteiger partial charge in [-0.3, -0.25) is 9.59 Å². The van der Waals surface area contributed by atoms with E-state index in [4.69, 9.17) is 9.47 Å². The third-order valence-corrected chi connectivity index (χ3v) is 4.99. The summed E-state index contributed by atoms with van der Waals surface area (Å²) in [5.74, 6) is 0.856. The molecule has 0 spiro atoms. The minimum Gasteiger partial charge on any atom is -0.493 e. The number of nitrogens with one attached hydrogen (secondary N) is 1. The molecular weight excluding hydrogens is 386 g/mol. The molecule has 0 radical (unpaired) electrons. The lowest BCUT2D eigenvalue weighted by atomic mass is 10.1. The van der Waals surface area contributed by atoms with Gasteiger partial charge in [-0.05, 0) is 37.5 Å². The molecule has 0 aliphatic carbocycles. The van der Waals surface area contributed by atoms with Gasteiger partial charge in [0, 0.05) is 33.3 Å². The van der Waals surface area contributed by atoms with E-state index in [1.165, 1.54) is 14.2 Å². The molecule has 0 atom stereocenters. The summed E-state index contributed by atoms with van der Waals surface area (Å²) in [6.07, 6.45) is 3.05. The largest absolute Gasteiger partial charge is 0.493 e. The zero-order valence-corrected chi connectivity index (χ0v) is 17.8. The summed E-state index contributed by atoms with van der Waals surface area (Å²) < 4.78 is 10.7. The van der Waals surface area contributed by atoms with Gasteiger partial charge in [0.25, 0.3) is 11.8 Å². The highest BCUT2D eigenvalue weighted by Crippen LogP contribution is 2.34. The number of rotatable bonds is 6. The predicted molar refractivity (Wildman–Crippen MR) is 114 cm³/mol. The molecular formula is C21H27N5O4. The van der Waals surface area contributed by atoms with E-state index in [2.05, 4.69) is 15.5 Å². The Hall–Kier alpha value is -3.36. The van der Waals surface area contributed by atoms with Crippen molar-refractivity contribution in [3.8, 4) is 11.5 Å². The summed E-state index contributed by atoms with van der Waals surface area (Å²) in [7, 11) is 6.69. The van der Waals surface area contributed by atoms with Crippen LogP contribution < -0.4 is 19.7 Å². The quantitative estimate of drug-likeness (QED) is 0.777. The fourth-order valence-corrected chi connectivity index (χ4v) is 3.30. The van der Waals surface area contributed by atoms with Gasteiger partial charge in [-0.2, -0.15) is 0 Å². The number of hydrogen-bond donors (Lipinski definition) is 1. The van der Waals surface area contributed by atoms with E-state index in [-0.39, 0.29) is 11.6 Å². The topological polar surface area (TPSA) is 96.9 Å². The highest BCUT2D eigenvalue weighted by Gasteiger charge is 2.24. The van der Waals surface area contributed by atoms with Crippen molar-refractivity contribution in [2.75, 3.05) is 51.6 Å². The Labute approximate surface area is 176 Å². The van der Waals surface area contributed by atoms with E-state index in [9.17, 15) is 9.59 Å². The molecule has 2 heterocycles. The van der Waals surface area contributed by atoms with Crippen LogP contribution in [0, 0.1) is 0 Å². The van der Waals surface area contributed by atoms with Crippen LogP contribution in [0.25, 0.3) is 0 Å². The van der Waals surface area contributed by atoms with E-state index in [1.54, 1.807) is 34.1 Å². The second-order valence-electron chi connectivity index (χ2n) is 7.23. The summed E-state index contributed by atoms with van der Waals surface area (Å²) in [5, 5.41) is 10.8. The average Bonchev–Trinajstić information content (AvgIpc) is 2.78. The zero-order chi connectivity index (χ0) is 21.7. The molecule has 0 saturated carbocycles. The van der Waals surface area contributed by atoms with Gasteiger partial charge in [-0.15, -0.1) is 10.2 Å². The van der Waals surface area contributed by atoms with Gasteiger partial charge in [0.15, 0.2) is 23.0 Å². The number of aromatic nitrogens is 2. The van der Waals surface area contributed by atoms with Crippen LogP contribution in [0.3, 0.4) is 0 Å². The summed E-state index contributed by atoms with van der Waals surface area (Å²) in [6.45, 7) is 1.38. The molecule has 1 aliphatic heterocycles. The molecule has 1 aromatic heterocycles. The van der Waals surface area contributed by atoms with E-state index in [0.29, 0.717) is 41.7 Å². The van der Waals surface area contributed by atoms with Crippen molar-refractivity contribution in [2.45, 2.75) is 19.3 Å². The standard InChI is InChI=1S/C21H27N5O4/c1-25(2)19-9-8-15(23-24-19)20(27)22-16-13-18(30-4)17(29-3)12-14(16)21(28)26-10-6-5-7-11-26/h8-9,12-13H,5-7,10-11H2,1-4H3,(H,22,27). The lowest BCUT2D eigenvalue weighted by molar-refractivity contribution is 0.0725. The molecule has 3 rings (SSSR count). The average molecular weight is 413 g/mol. The van der Waals surface area contributed by atoms with Gasteiger partial charge in [-0.1, -0.05) is 0 Å². The first kappa shape index (κ1) is 21.4. The fraction of sp³-hybridized carbons (Fsp3) is 0.429. The summed E-state index contributed by atoms with van der Waals surface area (Å²) in [6, 6.07) is 6.49. The zero-order valence-electron chi connectivity index (χ0n) is 17.8. The minimum atomic E-state index is -0.465. The van der Waals surface area contributed by atoms with Crippen LogP contribution in [0.15, 0.2) is 24.3 Å². The van der Waals surface area contributed by atoms with Crippen LogP contribution in [0.5, 0.6) is 11.5 Å². The number of benzene rings is 1. The number of carbonyl (C=O) groups excluding carboxylic acids is 2. The van der Waals surface area contributed by atoms with Crippen molar-refractivity contribution < 1.29 is 19.1 Å². The van der Waals surface area contributed by atoms with Crippen LogP contribution in [0.1, 0.15) is 40.1 Å². The monoisotopic (exact) mass is 413 g/mol. The molecule has 30 heavy (non-hydrogen) atoms. The van der Waals surface area contributed by atoms with Crippen molar-refractivity contribution in [2.24, 2.45) is 0 Å². The molecule has 2 aromatic rings. The smallest absolute Gasteiger partial charge is 0.276 e. The Morgan fingerprint density at radius 2 is 1.67 bits per heavy atom. The Morgan fingerprint density at radius 1 is 1.00 bits per heavy atom. The third kappa shape index (κ3) is 4.61. The highest BCUT2D eigenvalue weighted by molar-refractivity contribution is 6.08. The lowest BCUT2D eigenvalue weighted by Crippen LogP contribution is -2.36. The number of hydrogen-bond acceptors (Lipinski definition) is 7. The molecule has 1 fully saturated rings. The SMILES string of the molecule is COc1cc(NC(=O)c2ccc(N(C)C)nn2)c(C(=O)N2CCCCC2)cc1OC. The first-order valence-corrected chi connectivity index (χ1v) is 9.82. The number of methoxy groups -OCH3 is 2. The Morgan fingerprint density at radius 3 is 2.23 bits per heavy atom. The van der Waals surface area contributed by atoms with Crippen LogP contribution in [-0.2, 0) is 0 Å². The molecule has 1 aromatic carbocycles. The second kappa shape index (κ2) is 9.43. The van der Waals surface area contributed by atoms with Gasteiger partial charge < -0.3 is 24.6 Å². The van der Waals surface area contributed by atoms with Crippen molar-refractivity contribution in [1.82, 2.24) is 15.1 Å². The molecule has 1 N–H and O–H groups in total. The van der Waals surface area contributed by atoms with Gasteiger partial charge >= 0.3 is 0 Å². The first-order valence-electron chi connectivity index (χ1n) is 9.82. The molecule has 0 unspecified atom stereocenters. The molecule has 1 aliphatic rings. The minimum absolute atomic E-state index is 0.145. The maximum Gasteiger partial charge on any atom is 0.276 e. The summed E-state index contributed by atoms with van der Waals surface area (Å²) in [4.78, 5) is 29.5. The normalized spacial score (nSPS) is 13.5. The number of anilines is 2. The molecule has 160 valence electrons. The first-order chi connectivity index (χ1) is 14.4. The lowest BCUT2D eigenvalue weighted by Gasteiger charge is -2.28.